The second-order valence-electron chi connectivity index (χ2n) is 3.44. The van der Waals surface area contributed by atoms with Gasteiger partial charge in [0.05, 0.1) is 0 Å². The number of rotatable bonds is 2. The van der Waals surface area contributed by atoms with Crippen LogP contribution < -0.4 is 4.90 Å². The SMILES string of the molecule is CN(c1n[nH]c(=S)s1)C1CCCC1. The maximum Gasteiger partial charge on any atom is 0.206 e. The molecule has 3 nitrogen and oxygen atoms in total. The Morgan fingerprint density at radius 2 is 2.23 bits per heavy atom. The molecule has 72 valence electrons. The lowest BCUT2D eigenvalue weighted by molar-refractivity contribution is 0.649. The average Bonchev–Trinajstić information content (AvgIpc) is 2.72. The third-order valence-corrected chi connectivity index (χ3v) is 3.78. The molecule has 1 fully saturated rings. The van der Waals surface area contributed by atoms with Crippen molar-refractivity contribution in [3.8, 4) is 0 Å². The first-order valence-electron chi connectivity index (χ1n) is 4.56. The van der Waals surface area contributed by atoms with Crippen LogP contribution in [0.5, 0.6) is 0 Å². The Hall–Kier alpha value is -0.420. The maximum atomic E-state index is 5.00. The first-order valence-corrected chi connectivity index (χ1v) is 5.78. The van der Waals surface area contributed by atoms with Gasteiger partial charge in [-0.1, -0.05) is 24.2 Å². The predicted octanol–water partition coefficient (Wildman–Crippen LogP) is 2.58. The largest absolute Gasteiger partial charge is 0.347 e. The van der Waals surface area contributed by atoms with Gasteiger partial charge in [0.1, 0.15) is 0 Å². The summed E-state index contributed by atoms with van der Waals surface area (Å²) >= 11 is 6.56. The zero-order valence-electron chi connectivity index (χ0n) is 7.62. The van der Waals surface area contributed by atoms with E-state index in [2.05, 4.69) is 22.1 Å². The first kappa shape index (κ1) is 9.15. The fourth-order valence-corrected chi connectivity index (χ4v) is 2.73. The summed E-state index contributed by atoms with van der Waals surface area (Å²) < 4.78 is 0.764. The average molecular weight is 215 g/mol. The molecule has 1 aromatic rings. The van der Waals surface area contributed by atoms with E-state index in [1.165, 1.54) is 25.7 Å². The fraction of sp³-hybridized carbons (Fsp3) is 0.750. The van der Waals surface area contributed by atoms with E-state index in [4.69, 9.17) is 12.2 Å². The Labute approximate surface area is 86.8 Å². The quantitative estimate of drug-likeness (QED) is 0.769. The highest BCUT2D eigenvalue weighted by molar-refractivity contribution is 7.73. The van der Waals surface area contributed by atoms with Gasteiger partial charge in [-0.15, -0.1) is 5.10 Å². The minimum Gasteiger partial charge on any atom is -0.347 e. The van der Waals surface area contributed by atoms with Crippen molar-refractivity contribution in [2.24, 2.45) is 0 Å². The monoisotopic (exact) mass is 215 g/mol. The molecule has 0 unspecified atom stereocenters. The van der Waals surface area contributed by atoms with Crippen molar-refractivity contribution in [2.75, 3.05) is 11.9 Å². The van der Waals surface area contributed by atoms with E-state index in [1.54, 1.807) is 11.3 Å². The molecule has 0 aromatic carbocycles. The summed E-state index contributed by atoms with van der Waals surface area (Å²) in [6.07, 6.45) is 5.29. The molecule has 0 bridgehead atoms. The molecule has 0 saturated heterocycles. The van der Waals surface area contributed by atoms with E-state index in [-0.39, 0.29) is 0 Å². The lowest BCUT2D eigenvalue weighted by Crippen LogP contribution is -2.28. The fourth-order valence-electron chi connectivity index (χ4n) is 1.82. The Balaban J connectivity index is 2.11. The summed E-state index contributed by atoms with van der Waals surface area (Å²) in [5, 5.41) is 8.02. The molecule has 13 heavy (non-hydrogen) atoms. The lowest BCUT2D eigenvalue weighted by Gasteiger charge is -2.22. The second-order valence-corrected chi connectivity index (χ2v) is 5.09. The van der Waals surface area contributed by atoms with Gasteiger partial charge in [0.25, 0.3) is 0 Å². The number of H-pyrrole nitrogens is 1. The molecule has 1 aromatic heterocycles. The molecule has 0 amide bonds. The summed E-state index contributed by atoms with van der Waals surface area (Å²) in [6.45, 7) is 0. The molecule has 0 atom stereocenters. The molecule has 2 rings (SSSR count). The van der Waals surface area contributed by atoms with Gasteiger partial charge in [-0.3, -0.25) is 5.10 Å². The van der Waals surface area contributed by atoms with Crippen LogP contribution in [0.15, 0.2) is 0 Å². The van der Waals surface area contributed by atoms with Gasteiger partial charge in [-0.2, -0.15) is 0 Å². The van der Waals surface area contributed by atoms with Crippen LogP contribution in [0.3, 0.4) is 0 Å². The van der Waals surface area contributed by atoms with Crippen LogP contribution in [-0.2, 0) is 0 Å². The number of anilines is 1. The predicted molar refractivity (Wildman–Crippen MR) is 58.0 cm³/mol. The topological polar surface area (TPSA) is 31.9 Å². The summed E-state index contributed by atoms with van der Waals surface area (Å²) in [7, 11) is 2.11. The highest BCUT2D eigenvalue weighted by Gasteiger charge is 2.21. The zero-order valence-corrected chi connectivity index (χ0v) is 9.25. The maximum absolute atomic E-state index is 5.00. The minimum absolute atomic E-state index is 0.675. The summed E-state index contributed by atoms with van der Waals surface area (Å²) in [6, 6.07) is 0.675. The Kier molecular flexibility index (Phi) is 2.64. The highest BCUT2D eigenvalue weighted by atomic mass is 32.1. The minimum atomic E-state index is 0.675. The van der Waals surface area contributed by atoms with Crippen molar-refractivity contribution < 1.29 is 0 Å². The standard InChI is InChI=1S/C8H13N3S2/c1-11(6-4-2-3-5-6)7-9-10-8(12)13-7/h6H,2-5H2,1H3,(H,10,12). The lowest BCUT2D eigenvalue weighted by atomic mass is 10.2. The Morgan fingerprint density at radius 1 is 1.54 bits per heavy atom. The smallest absolute Gasteiger partial charge is 0.206 e. The summed E-state index contributed by atoms with van der Waals surface area (Å²) in [5.74, 6) is 0. The molecule has 1 aliphatic carbocycles. The Bertz CT molecular complexity index is 324. The van der Waals surface area contributed by atoms with Crippen LogP contribution in [0.4, 0.5) is 5.13 Å². The van der Waals surface area contributed by atoms with Crippen molar-refractivity contribution >= 4 is 28.7 Å². The van der Waals surface area contributed by atoms with Gasteiger partial charge < -0.3 is 4.90 Å². The Morgan fingerprint density at radius 3 is 2.77 bits per heavy atom. The molecule has 0 radical (unpaired) electrons. The molecule has 1 N–H and O–H groups in total. The zero-order chi connectivity index (χ0) is 9.26. The molecular weight excluding hydrogens is 202 g/mol. The van der Waals surface area contributed by atoms with E-state index in [9.17, 15) is 0 Å². The van der Waals surface area contributed by atoms with Gasteiger partial charge in [0.15, 0.2) is 3.95 Å². The van der Waals surface area contributed by atoms with Gasteiger partial charge in [0, 0.05) is 13.1 Å². The molecular formula is C8H13N3S2. The molecule has 1 heterocycles. The van der Waals surface area contributed by atoms with Crippen molar-refractivity contribution in [3.05, 3.63) is 3.95 Å². The molecule has 0 aliphatic heterocycles. The van der Waals surface area contributed by atoms with Crippen molar-refractivity contribution in [1.82, 2.24) is 10.2 Å². The number of aromatic nitrogens is 2. The molecule has 0 spiro atoms. The number of hydrogen-bond acceptors (Lipinski definition) is 4. The van der Waals surface area contributed by atoms with Crippen molar-refractivity contribution in [1.29, 1.82) is 0 Å². The van der Waals surface area contributed by atoms with Crippen LogP contribution in [-0.4, -0.2) is 23.3 Å². The van der Waals surface area contributed by atoms with E-state index in [0.717, 1.165) is 9.09 Å². The summed E-state index contributed by atoms with van der Waals surface area (Å²) in [5.41, 5.74) is 0. The van der Waals surface area contributed by atoms with E-state index in [1.807, 2.05) is 0 Å². The van der Waals surface area contributed by atoms with Crippen LogP contribution in [0, 0.1) is 3.95 Å². The van der Waals surface area contributed by atoms with Crippen LogP contribution in [0.1, 0.15) is 25.7 Å². The van der Waals surface area contributed by atoms with Crippen LogP contribution in [0.25, 0.3) is 0 Å². The third-order valence-electron chi connectivity index (χ3n) is 2.60. The van der Waals surface area contributed by atoms with E-state index >= 15 is 0 Å². The number of hydrogen-bond donors (Lipinski definition) is 1. The number of aromatic amines is 1. The van der Waals surface area contributed by atoms with Gasteiger partial charge in [0.2, 0.25) is 5.13 Å². The van der Waals surface area contributed by atoms with Crippen LogP contribution >= 0.6 is 23.6 Å². The number of nitrogens with zero attached hydrogens (tertiary/aromatic N) is 2. The first-order chi connectivity index (χ1) is 6.27. The van der Waals surface area contributed by atoms with Crippen LogP contribution in [0.2, 0.25) is 0 Å². The molecule has 1 saturated carbocycles. The second kappa shape index (κ2) is 3.75. The third kappa shape index (κ3) is 1.91. The van der Waals surface area contributed by atoms with E-state index in [0.29, 0.717) is 6.04 Å². The highest BCUT2D eigenvalue weighted by Crippen LogP contribution is 2.27. The van der Waals surface area contributed by atoms with Crippen molar-refractivity contribution in [3.63, 3.8) is 0 Å². The molecule has 5 heteroatoms. The van der Waals surface area contributed by atoms with Gasteiger partial charge in [-0.25, -0.2) is 0 Å². The summed E-state index contributed by atoms with van der Waals surface area (Å²) in [4.78, 5) is 2.25. The van der Waals surface area contributed by atoms with E-state index < -0.39 is 0 Å². The van der Waals surface area contributed by atoms with Gasteiger partial charge in [-0.05, 0) is 25.1 Å². The normalized spacial score (nSPS) is 17.9. The molecule has 1 aliphatic rings. The van der Waals surface area contributed by atoms with Crippen molar-refractivity contribution in [2.45, 2.75) is 31.7 Å². The number of nitrogens with one attached hydrogen (secondary N) is 1. The van der Waals surface area contributed by atoms with Gasteiger partial charge >= 0.3 is 0 Å².